The van der Waals surface area contributed by atoms with Gasteiger partial charge in [-0.1, -0.05) is 55.4 Å². The summed E-state index contributed by atoms with van der Waals surface area (Å²) in [6.45, 7) is 34.4. The fraction of sp³-hybridized carbons (Fsp3) is 0.413. The SMILES string of the molecule is CCC(CC)C(=O)C=C(O)C(CC)CC.CCC(CC)C(=O)C=C(O)C(CC)CC.Cc1[c-]c(-c2cc3cc(-c4ccc(C)cc4)[se]c3cn2)cc(C)c1.[2H]C(C)(C)c1cccc(C([2H])(C)C)c1-c1cc2cc(-c3[c-]c(C)cc(C)c3)ncc2[se]1.[Ir].[Ir]. The van der Waals surface area contributed by atoms with E-state index >= 15 is 0 Å². The van der Waals surface area contributed by atoms with E-state index in [1.54, 1.807) is 0 Å². The molecule has 0 aliphatic heterocycles. The van der Waals surface area contributed by atoms with Crippen LogP contribution in [0.5, 0.6) is 0 Å². The maximum atomic E-state index is 11.7. The number of hydrogen-bond donors (Lipinski definition) is 2. The van der Waals surface area contributed by atoms with E-state index in [9.17, 15) is 19.8 Å². The van der Waals surface area contributed by atoms with Gasteiger partial charge in [-0.25, -0.2) is 0 Å². The third kappa shape index (κ3) is 21.3. The number of fused-ring (bicyclic) bond motifs is 2. The van der Waals surface area contributed by atoms with Crippen molar-refractivity contribution in [2.75, 3.05) is 0 Å². The molecule has 0 amide bonds. The van der Waals surface area contributed by atoms with Gasteiger partial charge in [-0.05, 0) is 51.4 Å². The molecule has 2 radical (unpaired) electrons. The van der Waals surface area contributed by atoms with Gasteiger partial charge in [-0.3, -0.25) is 9.59 Å². The number of nitrogens with zero attached hydrogens (tertiary/aromatic N) is 2. The average Bonchev–Trinajstić information content (AvgIpc) is 4.10. The molecule has 460 valence electrons. The van der Waals surface area contributed by atoms with Crippen LogP contribution in [0.15, 0.2) is 127 Å². The van der Waals surface area contributed by atoms with Crippen molar-refractivity contribution < 1.29 is 62.8 Å². The van der Waals surface area contributed by atoms with Gasteiger partial charge in [0.1, 0.15) is 0 Å². The molecule has 0 atom stereocenters. The van der Waals surface area contributed by atoms with Crippen LogP contribution in [0.1, 0.15) is 188 Å². The van der Waals surface area contributed by atoms with Crippen molar-refractivity contribution in [2.45, 2.75) is 181 Å². The zero-order valence-corrected chi connectivity index (χ0v) is 61.7. The molecular weight excluding hydrogens is 1540 g/mol. The van der Waals surface area contributed by atoms with E-state index in [0.717, 1.165) is 102 Å². The summed E-state index contributed by atoms with van der Waals surface area (Å²) < 4.78 is 22.7. The van der Waals surface area contributed by atoms with Crippen LogP contribution in [0, 0.1) is 70.4 Å². The Labute approximate surface area is 553 Å². The molecule has 6 nitrogen and oxygen atoms in total. The van der Waals surface area contributed by atoms with Gasteiger partial charge in [0.2, 0.25) is 0 Å². The summed E-state index contributed by atoms with van der Waals surface area (Å²) in [5.41, 5.74) is 14.5. The van der Waals surface area contributed by atoms with Crippen molar-refractivity contribution in [1.29, 1.82) is 0 Å². The Kier molecular flexibility index (Phi) is 30.7. The first-order valence-electron chi connectivity index (χ1n) is 31.1. The Morgan fingerprint density at radius 2 is 0.871 bits per heavy atom. The maximum absolute atomic E-state index is 11.7. The number of rotatable bonds is 20. The van der Waals surface area contributed by atoms with Crippen LogP contribution in [-0.2, 0) is 49.8 Å². The van der Waals surface area contributed by atoms with Gasteiger partial charge in [0.15, 0.2) is 11.6 Å². The molecule has 2 N–H and O–H groups in total. The summed E-state index contributed by atoms with van der Waals surface area (Å²) in [5, 5.41) is 22.0. The zero-order chi connectivity index (χ0) is 62.9. The Morgan fingerprint density at radius 1 is 0.506 bits per heavy atom. The van der Waals surface area contributed by atoms with Gasteiger partial charge >= 0.3 is 332 Å². The van der Waals surface area contributed by atoms with Crippen molar-refractivity contribution >= 4 is 59.9 Å². The number of pyridine rings is 2. The van der Waals surface area contributed by atoms with Crippen LogP contribution < -0.4 is 0 Å². The van der Waals surface area contributed by atoms with Gasteiger partial charge in [0, 0.05) is 76.0 Å². The van der Waals surface area contributed by atoms with Gasteiger partial charge < -0.3 is 10.2 Å². The minimum absolute atomic E-state index is 0. The second-order valence-electron chi connectivity index (χ2n) is 22.5. The molecule has 10 heteroatoms. The molecular formula is C75H94Ir2N2O4Se2-2. The molecule has 0 saturated carbocycles. The summed E-state index contributed by atoms with van der Waals surface area (Å²) in [5.74, 6) is -0.378. The van der Waals surface area contributed by atoms with E-state index < -0.39 is 11.8 Å². The molecule has 0 saturated heterocycles. The van der Waals surface area contributed by atoms with E-state index in [0.29, 0.717) is 14.5 Å². The van der Waals surface area contributed by atoms with Crippen molar-refractivity contribution in [2.24, 2.45) is 23.7 Å². The minimum Gasteiger partial charge on any atom is 0 e. The van der Waals surface area contributed by atoms with Crippen LogP contribution in [0.25, 0.3) is 61.8 Å². The Hall–Kier alpha value is -4.58. The van der Waals surface area contributed by atoms with Crippen molar-refractivity contribution in [1.82, 2.24) is 9.97 Å². The molecule has 8 rings (SSSR count). The van der Waals surface area contributed by atoms with E-state index in [4.69, 9.17) is 12.7 Å². The van der Waals surface area contributed by atoms with Crippen molar-refractivity contribution in [3.8, 4) is 42.5 Å². The minimum atomic E-state index is -0.736. The molecule has 4 aromatic heterocycles. The van der Waals surface area contributed by atoms with Crippen molar-refractivity contribution in [3.05, 3.63) is 178 Å². The summed E-state index contributed by atoms with van der Waals surface area (Å²) in [6.07, 6.45) is 13.9. The van der Waals surface area contributed by atoms with Gasteiger partial charge in [-0.2, -0.15) is 0 Å². The van der Waals surface area contributed by atoms with Crippen LogP contribution in [-0.4, -0.2) is 60.8 Å². The monoisotopic (exact) mass is 1630 g/mol. The summed E-state index contributed by atoms with van der Waals surface area (Å²) in [4.78, 5) is 32.9. The molecule has 4 aromatic carbocycles. The fourth-order valence-electron chi connectivity index (χ4n) is 10.4. The standard InChI is InChI=1S/C27H28NSe.C22H18NSe.2C13H24O2.2Ir/c1-16(2)22-8-7-9-23(17(3)4)27(22)25-14-21-13-24(28-15-26(21)29-25)20-11-18(5)10-19(6)12-20;1-14-4-6-17(7-5-14)21-12-19-11-20(23-13-22(19)24-21)18-9-15(2)8-16(3)10-18;2*1-5-10(6-2)12(14)9-13(15)11(7-3)8-4;;/h7-11,13-17H,1-6H3;4-9,11-13H,1-3H3;2*9-11,14H,5-8H2,1-4H3;;/q2*-1;;;;/i16D,17D;;;;;. The topological polar surface area (TPSA) is 100 Å². The quantitative estimate of drug-likeness (QED) is 0.0341. The average molecular weight is 1630 g/mol. The second kappa shape index (κ2) is 36.7. The van der Waals surface area contributed by atoms with Gasteiger partial charge in [0.05, 0.1) is 11.5 Å². The summed E-state index contributed by atoms with van der Waals surface area (Å²) in [6, 6.07) is 39.3. The predicted molar refractivity (Wildman–Crippen MR) is 356 cm³/mol. The number of carbonyl (C=O) groups excluding carboxylic acids is 2. The van der Waals surface area contributed by atoms with Crippen LogP contribution >= 0.6 is 0 Å². The third-order valence-corrected chi connectivity index (χ3v) is 20.2. The van der Waals surface area contributed by atoms with E-state index in [1.807, 2.05) is 114 Å². The first kappa shape index (κ1) is 71.2. The van der Waals surface area contributed by atoms with E-state index in [1.165, 1.54) is 62.6 Å². The Balaban J connectivity index is 0.000000317. The number of hydrogen-bond acceptors (Lipinski definition) is 6. The van der Waals surface area contributed by atoms with Crippen LogP contribution in [0.4, 0.5) is 0 Å². The van der Waals surface area contributed by atoms with E-state index in [2.05, 4.69) is 120 Å². The van der Waals surface area contributed by atoms with Gasteiger partial charge in [0.25, 0.3) is 0 Å². The molecule has 0 fully saturated rings. The Bertz CT molecular complexity index is 3430. The molecule has 0 bridgehead atoms. The van der Waals surface area contributed by atoms with Crippen molar-refractivity contribution in [3.63, 3.8) is 0 Å². The normalized spacial score (nSPS) is 12.2. The number of ketones is 2. The number of carbonyl (C=O) groups is 2. The smallest absolute Gasteiger partial charge is 0 e. The fourth-order valence-corrected chi connectivity index (χ4v) is 14.9. The second-order valence-corrected chi connectivity index (χ2v) is 27.1. The molecule has 4 heterocycles. The summed E-state index contributed by atoms with van der Waals surface area (Å²) >= 11 is 0.427. The van der Waals surface area contributed by atoms with E-state index in [-0.39, 0.29) is 101 Å². The van der Waals surface area contributed by atoms with Gasteiger partial charge in [-0.15, -0.1) is 0 Å². The Morgan fingerprint density at radius 3 is 1.22 bits per heavy atom. The number of allylic oxidation sites excluding steroid dienone is 4. The predicted octanol–water partition coefficient (Wildman–Crippen LogP) is 20.4. The van der Waals surface area contributed by atoms with Crippen LogP contribution in [0.2, 0.25) is 0 Å². The molecule has 85 heavy (non-hydrogen) atoms. The maximum Gasteiger partial charge on any atom is 0 e. The number of benzene rings is 4. The number of aromatic nitrogens is 2. The molecule has 8 aromatic rings. The first-order chi connectivity index (χ1) is 40.2. The van der Waals surface area contributed by atoms with Crippen LogP contribution in [0.3, 0.4) is 0 Å². The third-order valence-electron chi connectivity index (χ3n) is 15.5. The number of aliphatic hydroxyl groups is 2. The largest absolute Gasteiger partial charge is 0 e. The number of aliphatic hydroxyl groups excluding tert-OH is 2. The molecule has 0 spiro atoms. The zero-order valence-electron chi connectivity index (χ0n) is 55.5. The molecule has 0 aliphatic rings. The molecule has 0 aliphatic carbocycles. The summed E-state index contributed by atoms with van der Waals surface area (Å²) in [7, 11) is 0. The number of aryl methyl sites for hydroxylation is 5. The first-order valence-corrected chi connectivity index (χ1v) is 33.6. The molecule has 0 unspecified atom stereocenters.